The van der Waals surface area contributed by atoms with Crippen LogP contribution in [0.4, 0.5) is 5.69 Å². The van der Waals surface area contributed by atoms with Crippen LogP contribution in [0.25, 0.3) is 0 Å². The van der Waals surface area contributed by atoms with Gasteiger partial charge in [0.05, 0.1) is 11.5 Å². The predicted octanol–water partition coefficient (Wildman–Crippen LogP) is 1.63. The highest BCUT2D eigenvalue weighted by Crippen LogP contribution is 2.18. The van der Waals surface area contributed by atoms with Gasteiger partial charge in [-0.25, -0.2) is 8.42 Å². The zero-order valence-corrected chi connectivity index (χ0v) is 16.3. The first kappa shape index (κ1) is 18.7. The summed E-state index contributed by atoms with van der Waals surface area (Å²) in [5, 5.41) is 0. The summed E-state index contributed by atoms with van der Waals surface area (Å²) in [5.74, 6) is 0.710. The largest absolute Gasteiger partial charge is 0.369 e. The molecule has 1 aromatic carbocycles. The van der Waals surface area contributed by atoms with Crippen molar-refractivity contribution in [2.75, 3.05) is 62.7 Å². The molecule has 0 amide bonds. The average Bonchev–Trinajstić information content (AvgIpc) is 2.96. The molecule has 0 unspecified atom stereocenters. The van der Waals surface area contributed by atoms with Crippen LogP contribution < -0.4 is 4.90 Å². The molecule has 0 radical (unpaired) electrons. The first-order chi connectivity index (χ1) is 11.9. The minimum atomic E-state index is -2.78. The highest BCUT2D eigenvalue weighted by Gasteiger charge is 2.30. The molecule has 1 atom stereocenters. The van der Waals surface area contributed by atoms with Crippen LogP contribution in [0.5, 0.6) is 0 Å². The fraction of sp³-hybridized carbons (Fsp3) is 0.684. The third kappa shape index (κ3) is 5.19. The van der Waals surface area contributed by atoms with Gasteiger partial charge in [0.25, 0.3) is 0 Å². The lowest BCUT2D eigenvalue weighted by atomic mass is 10.2. The number of aryl methyl sites for hydroxylation is 1. The Morgan fingerprint density at radius 2 is 1.80 bits per heavy atom. The first-order valence-electron chi connectivity index (χ1n) is 9.37. The van der Waals surface area contributed by atoms with Gasteiger partial charge in [-0.15, -0.1) is 0 Å². The topological polar surface area (TPSA) is 43.9 Å². The van der Waals surface area contributed by atoms with Gasteiger partial charge in [-0.1, -0.05) is 17.7 Å². The molecule has 2 fully saturated rings. The SMILES string of the molecule is Cc1ccc(N2CCN(CCCN(C)[C@H]3CCS(=O)(=O)C3)CC2)cc1. The standard InChI is InChI=1S/C19H31N3O2S/c1-17-4-6-18(7-5-17)22-13-11-21(12-14-22)10-3-9-20(2)19-8-15-25(23,24)16-19/h4-7,19H,3,8-16H2,1-2H3/t19-/m0/s1. The second-order valence-electron chi connectivity index (χ2n) is 7.56. The van der Waals surface area contributed by atoms with Gasteiger partial charge >= 0.3 is 0 Å². The molecule has 2 aliphatic rings. The number of sulfone groups is 1. The van der Waals surface area contributed by atoms with Gasteiger partial charge in [-0.05, 0) is 52.0 Å². The minimum Gasteiger partial charge on any atom is -0.369 e. The lowest BCUT2D eigenvalue weighted by Crippen LogP contribution is -2.47. The number of hydrogen-bond donors (Lipinski definition) is 0. The molecule has 0 spiro atoms. The Hall–Kier alpha value is -1.11. The Kier molecular flexibility index (Phi) is 6.02. The Morgan fingerprint density at radius 3 is 2.40 bits per heavy atom. The van der Waals surface area contributed by atoms with Gasteiger partial charge < -0.3 is 9.80 Å². The van der Waals surface area contributed by atoms with E-state index in [1.54, 1.807) is 0 Å². The van der Waals surface area contributed by atoms with E-state index < -0.39 is 9.84 Å². The van der Waals surface area contributed by atoms with Crippen LogP contribution in [0, 0.1) is 6.92 Å². The van der Waals surface area contributed by atoms with Crippen LogP contribution in [0.1, 0.15) is 18.4 Å². The summed E-state index contributed by atoms with van der Waals surface area (Å²) in [6.45, 7) is 8.59. The molecule has 3 rings (SSSR count). The van der Waals surface area contributed by atoms with Crippen molar-refractivity contribution in [3.05, 3.63) is 29.8 Å². The smallest absolute Gasteiger partial charge is 0.151 e. The van der Waals surface area contributed by atoms with Crippen molar-refractivity contribution < 1.29 is 8.42 Å². The van der Waals surface area contributed by atoms with Gasteiger partial charge in [-0.3, -0.25) is 4.90 Å². The number of hydrogen-bond acceptors (Lipinski definition) is 5. The molecule has 140 valence electrons. The van der Waals surface area contributed by atoms with Crippen LogP contribution >= 0.6 is 0 Å². The lowest BCUT2D eigenvalue weighted by Gasteiger charge is -2.36. The molecule has 0 saturated carbocycles. The highest BCUT2D eigenvalue weighted by atomic mass is 32.2. The van der Waals surface area contributed by atoms with E-state index in [2.05, 4.69) is 52.9 Å². The average molecular weight is 366 g/mol. The number of anilines is 1. The van der Waals surface area contributed by atoms with Crippen molar-refractivity contribution in [1.29, 1.82) is 0 Å². The summed E-state index contributed by atoms with van der Waals surface area (Å²) in [6.07, 6.45) is 1.91. The number of nitrogens with zero attached hydrogens (tertiary/aromatic N) is 3. The Bertz CT molecular complexity index is 652. The van der Waals surface area contributed by atoms with Crippen LogP contribution in [0.3, 0.4) is 0 Å². The van der Waals surface area contributed by atoms with Gasteiger partial charge in [-0.2, -0.15) is 0 Å². The Labute approximate surface area is 152 Å². The van der Waals surface area contributed by atoms with Crippen molar-refractivity contribution in [3.8, 4) is 0 Å². The maximum Gasteiger partial charge on any atom is 0.151 e. The number of piperazine rings is 1. The van der Waals surface area contributed by atoms with E-state index in [0.29, 0.717) is 11.5 Å². The van der Waals surface area contributed by atoms with E-state index in [4.69, 9.17) is 0 Å². The van der Waals surface area contributed by atoms with Crippen molar-refractivity contribution in [2.45, 2.75) is 25.8 Å². The van der Waals surface area contributed by atoms with Gasteiger partial charge in [0.15, 0.2) is 9.84 Å². The van der Waals surface area contributed by atoms with Crippen molar-refractivity contribution >= 4 is 15.5 Å². The quantitative estimate of drug-likeness (QED) is 0.767. The molecular formula is C19H31N3O2S. The number of benzene rings is 1. The summed E-state index contributed by atoms with van der Waals surface area (Å²) in [6, 6.07) is 9.02. The predicted molar refractivity (Wildman–Crippen MR) is 104 cm³/mol. The third-order valence-corrected chi connectivity index (χ3v) is 7.34. The Morgan fingerprint density at radius 1 is 1.12 bits per heavy atom. The molecule has 6 heteroatoms. The van der Waals surface area contributed by atoms with E-state index >= 15 is 0 Å². The zero-order valence-electron chi connectivity index (χ0n) is 15.5. The van der Waals surface area contributed by atoms with Crippen LogP contribution in [0.15, 0.2) is 24.3 Å². The molecule has 2 saturated heterocycles. The fourth-order valence-electron chi connectivity index (χ4n) is 3.83. The summed E-state index contributed by atoms with van der Waals surface area (Å²) in [7, 11) is -0.709. The second-order valence-corrected chi connectivity index (χ2v) is 9.78. The van der Waals surface area contributed by atoms with Crippen molar-refractivity contribution in [1.82, 2.24) is 9.80 Å². The zero-order chi connectivity index (χ0) is 17.9. The van der Waals surface area contributed by atoms with E-state index in [1.165, 1.54) is 11.3 Å². The lowest BCUT2D eigenvalue weighted by molar-refractivity contribution is 0.214. The molecule has 1 aromatic rings. The molecule has 0 aromatic heterocycles. The van der Waals surface area contributed by atoms with Gasteiger partial charge in [0, 0.05) is 37.9 Å². The molecule has 0 aliphatic carbocycles. The molecular weight excluding hydrogens is 334 g/mol. The van der Waals surface area contributed by atoms with Crippen molar-refractivity contribution in [2.24, 2.45) is 0 Å². The molecule has 2 aliphatic heterocycles. The van der Waals surface area contributed by atoms with Crippen LogP contribution in [0.2, 0.25) is 0 Å². The summed E-state index contributed by atoms with van der Waals surface area (Å²) in [5.41, 5.74) is 2.63. The molecule has 2 heterocycles. The molecule has 25 heavy (non-hydrogen) atoms. The maximum absolute atomic E-state index is 11.6. The fourth-order valence-corrected chi connectivity index (χ4v) is 5.64. The van der Waals surface area contributed by atoms with Crippen LogP contribution in [-0.2, 0) is 9.84 Å². The highest BCUT2D eigenvalue weighted by molar-refractivity contribution is 7.91. The summed E-state index contributed by atoms with van der Waals surface area (Å²) in [4.78, 5) is 7.24. The summed E-state index contributed by atoms with van der Waals surface area (Å²) >= 11 is 0. The first-order valence-corrected chi connectivity index (χ1v) is 11.2. The van der Waals surface area contributed by atoms with E-state index in [1.807, 2.05) is 0 Å². The number of rotatable bonds is 6. The van der Waals surface area contributed by atoms with E-state index in [9.17, 15) is 8.42 Å². The van der Waals surface area contributed by atoms with Gasteiger partial charge in [0.1, 0.15) is 0 Å². The van der Waals surface area contributed by atoms with E-state index in [0.717, 1.165) is 52.1 Å². The Balaban J connectivity index is 1.36. The maximum atomic E-state index is 11.6. The molecule has 0 bridgehead atoms. The minimum absolute atomic E-state index is 0.225. The van der Waals surface area contributed by atoms with Crippen LogP contribution in [-0.4, -0.2) is 82.1 Å². The van der Waals surface area contributed by atoms with Crippen molar-refractivity contribution in [3.63, 3.8) is 0 Å². The van der Waals surface area contributed by atoms with E-state index in [-0.39, 0.29) is 6.04 Å². The molecule has 0 N–H and O–H groups in total. The van der Waals surface area contributed by atoms with Gasteiger partial charge in [0.2, 0.25) is 0 Å². The molecule has 5 nitrogen and oxygen atoms in total. The summed E-state index contributed by atoms with van der Waals surface area (Å²) < 4.78 is 23.2. The monoisotopic (exact) mass is 365 g/mol. The normalized spacial score (nSPS) is 24.1. The third-order valence-electron chi connectivity index (χ3n) is 5.59. The second kappa shape index (κ2) is 8.06.